The van der Waals surface area contributed by atoms with Crippen LogP contribution in [0.5, 0.6) is 0 Å². The predicted molar refractivity (Wildman–Crippen MR) is 58.7 cm³/mol. The smallest absolute Gasteiger partial charge is 0.326 e. The largest absolute Gasteiger partial charge is 0.460 e. The maximum atomic E-state index is 11.6. The van der Waals surface area contributed by atoms with Crippen LogP contribution in [0.3, 0.4) is 0 Å². The zero-order valence-corrected chi connectivity index (χ0v) is 8.93. The molecule has 1 saturated heterocycles. The second-order valence-corrected chi connectivity index (χ2v) is 3.88. The van der Waals surface area contributed by atoms with E-state index in [0.29, 0.717) is 13.0 Å². The Hall–Kier alpha value is -1.39. The van der Waals surface area contributed by atoms with E-state index in [1.54, 1.807) is 0 Å². The van der Waals surface area contributed by atoms with Crippen molar-refractivity contribution in [1.29, 1.82) is 0 Å². The quantitative estimate of drug-likeness (QED) is 0.728. The van der Waals surface area contributed by atoms with E-state index in [-0.39, 0.29) is 12.6 Å². The topological polar surface area (TPSA) is 58.6 Å². The molecule has 0 aromatic heterocycles. The second-order valence-electron chi connectivity index (χ2n) is 3.88. The first-order valence-electron chi connectivity index (χ1n) is 5.39. The number of hydrogen-bond donors (Lipinski definition) is 2. The van der Waals surface area contributed by atoms with Gasteiger partial charge in [0.05, 0.1) is 6.10 Å². The van der Waals surface area contributed by atoms with Crippen LogP contribution in [0.1, 0.15) is 12.0 Å². The summed E-state index contributed by atoms with van der Waals surface area (Å²) in [5.41, 5.74) is 0.948. The third-order valence-corrected chi connectivity index (χ3v) is 2.67. The minimum atomic E-state index is -0.622. The lowest BCUT2D eigenvalue weighted by Crippen LogP contribution is -2.39. The number of esters is 1. The van der Waals surface area contributed by atoms with E-state index in [1.165, 1.54) is 0 Å². The third-order valence-electron chi connectivity index (χ3n) is 2.67. The Morgan fingerprint density at radius 2 is 2.19 bits per heavy atom. The Balaban J connectivity index is 1.84. The number of ether oxygens (including phenoxy) is 1. The van der Waals surface area contributed by atoms with Crippen LogP contribution >= 0.6 is 0 Å². The molecule has 0 radical (unpaired) electrons. The van der Waals surface area contributed by atoms with Gasteiger partial charge in [0.1, 0.15) is 12.6 Å². The van der Waals surface area contributed by atoms with Crippen LogP contribution in [0.25, 0.3) is 0 Å². The summed E-state index contributed by atoms with van der Waals surface area (Å²) in [6.07, 6.45) is -0.0197. The average molecular weight is 221 g/mol. The number of aliphatic hydroxyl groups excluding tert-OH is 1. The maximum Gasteiger partial charge on any atom is 0.326 e. The molecule has 0 saturated carbocycles. The predicted octanol–water partition coefficient (Wildman–Crippen LogP) is 0.453. The van der Waals surface area contributed by atoms with Crippen LogP contribution in [0, 0.1) is 0 Å². The number of carbonyl (C=O) groups excluding carboxylic acids is 1. The van der Waals surface area contributed by atoms with Gasteiger partial charge in [0, 0.05) is 0 Å². The fourth-order valence-corrected chi connectivity index (χ4v) is 1.75. The molecule has 0 bridgehead atoms. The zero-order valence-electron chi connectivity index (χ0n) is 8.93. The van der Waals surface area contributed by atoms with E-state index < -0.39 is 12.1 Å². The first-order valence-corrected chi connectivity index (χ1v) is 5.39. The van der Waals surface area contributed by atoms with Crippen LogP contribution in [0.4, 0.5) is 0 Å². The van der Waals surface area contributed by atoms with E-state index in [0.717, 1.165) is 5.56 Å². The monoisotopic (exact) mass is 221 g/mol. The SMILES string of the molecule is O=C(OCc1ccccc1)[C@@H]1NCC[C@@H]1O. The lowest BCUT2D eigenvalue weighted by Gasteiger charge is -2.13. The first-order chi connectivity index (χ1) is 7.77. The van der Waals surface area contributed by atoms with E-state index in [2.05, 4.69) is 5.32 Å². The van der Waals surface area contributed by atoms with Gasteiger partial charge in [0.15, 0.2) is 0 Å². The Morgan fingerprint density at radius 1 is 1.44 bits per heavy atom. The van der Waals surface area contributed by atoms with Crippen molar-refractivity contribution in [3.8, 4) is 0 Å². The summed E-state index contributed by atoms with van der Waals surface area (Å²) in [6, 6.07) is 8.92. The average Bonchev–Trinajstić information content (AvgIpc) is 2.74. The molecule has 4 nitrogen and oxygen atoms in total. The number of hydrogen-bond acceptors (Lipinski definition) is 4. The summed E-state index contributed by atoms with van der Waals surface area (Å²) in [7, 11) is 0. The van der Waals surface area contributed by atoms with Crippen molar-refractivity contribution in [1.82, 2.24) is 5.32 Å². The van der Waals surface area contributed by atoms with Crippen molar-refractivity contribution < 1.29 is 14.6 Å². The lowest BCUT2D eigenvalue weighted by molar-refractivity contribution is -0.149. The number of rotatable bonds is 3. The molecule has 1 aliphatic heterocycles. The molecular formula is C12H15NO3. The molecule has 4 heteroatoms. The van der Waals surface area contributed by atoms with Gasteiger partial charge < -0.3 is 15.2 Å². The van der Waals surface area contributed by atoms with Gasteiger partial charge in [-0.1, -0.05) is 30.3 Å². The highest BCUT2D eigenvalue weighted by atomic mass is 16.5. The van der Waals surface area contributed by atoms with E-state index in [1.807, 2.05) is 30.3 Å². The van der Waals surface area contributed by atoms with Gasteiger partial charge in [0.2, 0.25) is 0 Å². The zero-order chi connectivity index (χ0) is 11.4. The number of carbonyl (C=O) groups is 1. The molecule has 0 unspecified atom stereocenters. The summed E-state index contributed by atoms with van der Waals surface area (Å²) in [5, 5.41) is 12.4. The van der Waals surface area contributed by atoms with Crippen molar-refractivity contribution in [2.45, 2.75) is 25.2 Å². The standard InChI is InChI=1S/C12H15NO3/c14-10-6-7-13-11(10)12(15)16-8-9-4-2-1-3-5-9/h1-5,10-11,13-14H,6-8H2/t10-,11+/m0/s1. The normalized spacial score (nSPS) is 24.3. The highest BCUT2D eigenvalue weighted by Gasteiger charge is 2.32. The summed E-state index contributed by atoms with van der Waals surface area (Å²) in [4.78, 5) is 11.6. The Bertz CT molecular complexity index is 353. The van der Waals surface area contributed by atoms with Crippen molar-refractivity contribution >= 4 is 5.97 Å². The molecule has 0 aliphatic carbocycles. The number of benzene rings is 1. The molecule has 1 fully saturated rings. The third kappa shape index (κ3) is 2.59. The van der Waals surface area contributed by atoms with Gasteiger partial charge in [-0.2, -0.15) is 0 Å². The van der Waals surface area contributed by atoms with Crippen LogP contribution in [-0.4, -0.2) is 29.8 Å². The molecule has 0 spiro atoms. The maximum absolute atomic E-state index is 11.6. The van der Waals surface area contributed by atoms with Gasteiger partial charge in [-0.3, -0.25) is 4.79 Å². The van der Waals surface area contributed by atoms with Crippen molar-refractivity contribution in [2.24, 2.45) is 0 Å². The van der Waals surface area contributed by atoms with Crippen molar-refractivity contribution in [3.05, 3.63) is 35.9 Å². The molecule has 1 heterocycles. The summed E-state index contributed by atoms with van der Waals surface area (Å²) >= 11 is 0. The molecule has 16 heavy (non-hydrogen) atoms. The Morgan fingerprint density at radius 3 is 2.81 bits per heavy atom. The molecule has 2 rings (SSSR count). The first kappa shape index (κ1) is 11.1. The molecule has 1 aromatic carbocycles. The highest BCUT2D eigenvalue weighted by molar-refractivity contribution is 5.77. The number of nitrogens with one attached hydrogen (secondary N) is 1. The summed E-state index contributed by atoms with van der Waals surface area (Å²) in [6.45, 7) is 0.914. The second kappa shape index (κ2) is 5.09. The lowest BCUT2D eigenvalue weighted by atomic mass is 10.2. The van der Waals surface area contributed by atoms with Gasteiger partial charge in [-0.15, -0.1) is 0 Å². The molecule has 86 valence electrons. The van der Waals surface area contributed by atoms with Crippen molar-refractivity contribution in [3.63, 3.8) is 0 Å². The number of aliphatic hydroxyl groups is 1. The minimum Gasteiger partial charge on any atom is -0.460 e. The molecule has 2 N–H and O–H groups in total. The fraction of sp³-hybridized carbons (Fsp3) is 0.417. The summed E-state index contributed by atoms with van der Waals surface area (Å²) < 4.78 is 5.12. The fourth-order valence-electron chi connectivity index (χ4n) is 1.75. The molecule has 2 atom stereocenters. The van der Waals surface area contributed by atoms with E-state index in [9.17, 15) is 9.90 Å². The van der Waals surface area contributed by atoms with E-state index in [4.69, 9.17) is 4.74 Å². The van der Waals surface area contributed by atoms with Crippen LogP contribution in [-0.2, 0) is 16.1 Å². The van der Waals surface area contributed by atoms with Gasteiger partial charge in [-0.05, 0) is 18.5 Å². The Labute approximate surface area is 94.2 Å². The molecule has 0 amide bonds. The van der Waals surface area contributed by atoms with Crippen molar-refractivity contribution in [2.75, 3.05) is 6.54 Å². The minimum absolute atomic E-state index is 0.255. The molecule has 1 aromatic rings. The van der Waals surface area contributed by atoms with Crippen LogP contribution in [0.2, 0.25) is 0 Å². The molecular weight excluding hydrogens is 206 g/mol. The highest BCUT2D eigenvalue weighted by Crippen LogP contribution is 2.09. The van der Waals surface area contributed by atoms with Gasteiger partial charge in [0.25, 0.3) is 0 Å². The Kier molecular flexibility index (Phi) is 3.54. The van der Waals surface area contributed by atoms with Crippen LogP contribution < -0.4 is 5.32 Å². The van der Waals surface area contributed by atoms with Gasteiger partial charge in [-0.25, -0.2) is 0 Å². The van der Waals surface area contributed by atoms with E-state index >= 15 is 0 Å². The van der Waals surface area contributed by atoms with Gasteiger partial charge >= 0.3 is 5.97 Å². The molecule has 1 aliphatic rings. The summed E-state index contributed by atoms with van der Waals surface area (Å²) in [5.74, 6) is -0.381. The van der Waals surface area contributed by atoms with Crippen LogP contribution in [0.15, 0.2) is 30.3 Å².